The van der Waals surface area contributed by atoms with E-state index in [4.69, 9.17) is 4.74 Å². The average molecular weight is 238 g/mol. The zero-order valence-electron chi connectivity index (χ0n) is 11.9. The summed E-state index contributed by atoms with van der Waals surface area (Å²) in [5.74, 6) is 0.901. The molecule has 17 heavy (non-hydrogen) atoms. The predicted molar refractivity (Wildman–Crippen MR) is 70.7 cm³/mol. The minimum atomic E-state index is -0.407. The molecule has 1 fully saturated rings. The maximum Gasteiger partial charge on any atom is 0.311 e. The lowest BCUT2D eigenvalue weighted by Crippen LogP contribution is -2.36. The predicted octanol–water partition coefficient (Wildman–Crippen LogP) is 3.96. The Hall–Kier alpha value is -0.790. The molecule has 0 amide bonds. The van der Waals surface area contributed by atoms with Crippen LogP contribution >= 0.6 is 0 Å². The molecule has 0 bridgehead atoms. The first-order valence-electron chi connectivity index (χ1n) is 6.58. The molecule has 0 aliphatic heterocycles. The number of rotatable bonds is 2. The molecule has 0 heterocycles. The first-order chi connectivity index (χ1) is 7.71. The summed E-state index contributed by atoms with van der Waals surface area (Å²) in [6, 6.07) is 0. The molecule has 0 aromatic rings. The first kappa shape index (κ1) is 14.3. The van der Waals surface area contributed by atoms with E-state index in [0.717, 1.165) is 12.8 Å². The first-order valence-corrected chi connectivity index (χ1v) is 6.58. The average Bonchev–Trinajstić information content (AvgIpc) is 2.19. The van der Waals surface area contributed by atoms with Crippen molar-refractivity contribution >= 4 is 5.97 Å². The number of hydrogen-bond donors (Lipinski definition) is 0. The van der Waals surface area contributed by atoms with E-state index in [9.17, 15) is 4.79 Å². The molecule has 98 valence electrons. The number of allylic oxidation sites excluding steroid dienone is 1. The normalized spacial score (nSPS) is 29.8. The molecular formula is C15H26O2. The lowest BCUT2D eigenvalue weighted by atomic mass is 9.78. The molecule has 1 saturated carbocycles. The zero-order chi connectivity index (χ0) is 13.2. The molecule has 0 radical (unpaired) electrons. The lowest BCUT2D eigenvalue weighted by molar-refractivity contribution is -0.163. The smallest absolute Gasteiger partial charge is 0.311 e. The van der Waals surface area contributed by atoms with Crippen LogP contribution in [0.2, 0.25) is 0 Å². The molecule has 3 atom stereocenters. The van der Waals surface area contributed by atoms with Gasteiger partial charge in [-0.2, -0.15) is 0 Å². The van der Waals surface area contributed by atoms with Crippen LogP contribution in [0, 0.1) is 17.3 Å². The van der Waals surface area contributed by atoms with E-state index in [1.807, 2.05) is 20.8 Å². The van der Waals surface area contributed by atoms with E-state index in [2.05, 4.69) is 20.4 Å². The van der Waals surface area contributed by atoms with E-state index < -0.39 is 5.41 Å². The largest absolute Gasteiger partial charge is 0.462 e. The fraction of sp³-hybridized carbons (Fsp3) is 0.800. The van der Waals surface area contributed by atoms with Crippen LogP contribution in [0.5, 0.6) is 0 Å². The van der Waals surface area contributed by atoms with Gasteiger partial charge < -0.3 is 4.74 Å². The number of carbonyl (C=O) groups is 1. The number of ether oxygens (including phenoxy) is 1. The van der Waals surface area contributed by atoms with Crippen molar-refractivity contribution in [3.05, 3.63) is 12.2 Å². The maximum absolute atomic E-state index is 11.9. The van der Waals surface area contributed by atoms with Gasteiger partial charge in [-0.15, -0.1) is 0 Å². The SMILES string of the molecule is C=C(C)[C@@H]1CC[C@@H](C)[C@@H](OC(=O)C(C)(C)C)C1. The maximum atomic E-state index is 11.9. The number of esters is 1. The Kier molecular flexibility index (Phi) is 4.40. The van der Waals surface area contributed by atoms with Gasteiger partial charge in [0.15, 0.2) is 0 Å². The van der Waals surface area contributed by atoms with Gasteiger partial charge in [-0.25, -0.2) is 0 Å². The van der Waals surface area contributed by atoms with Crippen LogP contribution in [0.1, 0.15) is 53.9 Å². The third-order valence-electron chi connectivity index (χ3n) is 3.69. The Morgan fingerprint density at radius 1 is 1.29 bits per heavy atom. The molecule has 0 saturated heterocycles. The second-order valence-corrected chi connectivity index (χ2v) is 6.53. The molecule has 0 N–H and O–H groups in total. The van der Waals surface area contributed by atoms with Crippen molar-refractivity contribution in [2.45, 2.75) is 60.0 Å². The molecule has 0 aromatic heterocycles. The van der Waals surface area contributed by atoms with Crippen LogP contribution in [-0.2, 0) is 9.53 Å². The van der Waals surface area contributed by atoms with Gasteiger partial charge in [0.1, 0.15) is 6.10 Å². The summed E-state index contributed by atoms with van der Waals surface area (Å²) in [4.78, 5) is 11.9. The van der Waals surface area contributed by atoms with Crippen LogP contribution in [0.4, 0.5) is 0 Å². The second-order valence-electron chi connectivity index (χ2n) is 6.53. The van der Waals surface area contributed by atoms with E-state index in [-0.39, 0.29) is 12.1 Å². The summed E-state index contributed by atoms with van der Waals surface area (Å²) < 4.78 is 5.67. The second kappa shape index (κ2) is 5.24. The van der Waals surface area contributed by atoms with Gasteiger partial charge in [0, 0.05) is 0 Å². The fourth-order valence-corrected chi connectivity index (χ4v) is 2.21. The quantitative estimate of drug-likeness (QED) is 0.537. The molecule has 1 aliphatic carbocycles. The van der Waals surface area contributed by atoms with Gasteiger partial charge in [0.25, 0.3) is 0 Å². The van der Waals surface area contributed by atoms with Gasteiger partial charge in [0.05, 0.1) is 5.41 Å². The van der Waals surface area contributed by atoms with Crippen molar-refractivity contribution in [1.82, 2.24) is 0 Å². The highest BCUT2D eigenvalue weighted by Crippen LogP contribution is 2.35. The van der Waals surface area contributed by atoms with Crippen molar-refractivity contribution in [3.8, 4) is 0 Å². The highest BCUT2D eigenvalue weighted by molar-refractivity contribution is 5.75. The Labute approximate surface area is 105 Å². The highest BCUT2D eigenvalue weighted by Gasteiger charge is 2.33. The lowest BCUT2D eigenvalue weighted by Gasteiger charge is -2.35. The Balaban J connectivity index is 2.62. The third-order valence-corrected chi connectivity index (χ3v) is 3.69. The van der Waals surface area contributed by atoms with Gasteiger partial charge in [-0.1, -0.05) is 19.1 Å². The minimum Gasteiger partial charge on any atom is -0.462 e. The van der Waals surface area contributed by atoms with Gasteiger partial charge in [-0.3, -0.25) is 4.79 Å². The summed E-state index contributed by atoms with van der Waals surface area (Å²) in [5.41, 5.74) is 0.810. The minimum absolute atomic E-state index is 0.0668. The zero-order valence-corrected chi connectivity index (χ0v) is 11.9. The van der Waals surface area contributed by atoms with E-state index in [1.165, 1.54) is 12.0 Å². The number of hydrogen-bond acceptors (Lipinski definition) is 2. The molecular weight excluding hydrogens is 212 g/mol. The molecule has 2 heteroatoms. The Morgan fingerprint density at radius 2 is 1.88 bits per heavy atom. The van der Waals surface area contributed by atoms with Crippen molar-refractivity contribution in [2.24, 2.45) is 17.3 Å². The summed E-state index contributed by atoms with van der Waals surface area (Å²) in [5, 5.41) is 0. The summed E-state index contributed by atoms with van der Waals surface area (Å²) in [6.07, 6.45) is 3.31. The highest BCUT2D eigenvalue weighted by atomic mass is 16.5. The molecule has 2 nitrogen and oxygen atoms in total. The fourth-order valence-electron chi connectivity index (χ4n) is 2.21. The standard InChI is InChI=1S/C15H26O2/c1-10(2)12-8-7-11(3)13(9-12)17-14(16)15(4,5)6/h11-13H,1,7-9H2,2-6H3/t11-,12-,13+/m1/s1. The van der Waals surface area contributed by atoms with Crippen LogP contribution < -0.4 is 0 Å². The van der Waals surface area contributed by atoms with Crippen molar-refractivity contribution in [2.75, 3.05) is 0 Å². The Bertz CT molecular complexity index is 299. The monoisotopic (exact) mass is 238 g/mol. The molecule has 0 aromatic carbocycles. The third kappa shape index (κ3) is 3.86. The molecule has 0 spiro atoms. The van der Waals surface area contributed by atoms with Gasteiger partial charge >= 0.3 is 5.97 Å². The van der Waals surface area contributed by atoms with Crippen molar-refractivity contribution in [3.63, 3.8) is 0 Å². The van der Waals surface area contributed by atoms with Crippen molar-refractivity contribution in [1.29, 1.82) is 0 Å². The molecule has 0 unspecified atom stereocenters. The van der Waals surface area contributed by atoms with Crippen molar-refractivity contribution < 1.29 is 9.53 Å². The van der Waals surface area contributed by atoms with Crippen LogP contribution in [0.3, 0.4) is 0 Å². The number of carbonyl (C=O) groups excluding carboxylic acids is 1. The summed E-state index contributed by atoms with van der Waals surface area (Å²) in [6.45, 7) is 14.0. The molecule has 1 aliphatic rings. The van der Waals surface area contributed by atoms with Gasteiger partial charge in [0.2, 0.25) is 0 Å². The van der Waals surface area contributed by atoms with Gasteiger partial charge in [-0.05, 0) is 58.8 Å². The topological polar surface area (TPSA) is 26.3 Å². The van der Waals surface area contributed by atoms with E-state index in [1.54, 1.807) is 0 Å². The van der Waals surface area contributed by atoms with E-state index >= 15 is 0 Å². The van der Waals surface area contributed by atoms with Crippen LogP contribution in [0.15, 0.2) is 12.2 Å². The van der Waals surface area contributed by atoms with Crippen LogP contribution in [0.25, 0.3) is 0 Å². The summed E-state index contributed by atoms with van der Waals surface area (Å²) >= 11 is 0. The summed E-state index contributed by atoms with van der Waals surface area (Å²) in [7, 11) is 0. The molecule has 1 rings (SSSR count). The van der Waals surface area contributed by atoms with Crippen LogP contribution in [-0.4, -0.2) is 12.1 Å². The Morgan fingerprint density at radius 3 is 2.35 bits per heavy atom. The van der Waals surface area contributed by atoms with E-state index in [0.29, 0.717) is 11.8 Å².